The van der Waals surface area contributed by atoms with Crippen molar-refractivity contribution in [3.05, 3.63) is 0 Å². The second-order valence-electron chi connectivity index (χ2n) is 3.35. The first-order valence-corrected chi connectivity index (χ1v) is 4.96. The Kier molecular flexibility index (Phi) is 4.86. The summed E-state index contributed by atoms with van der Waals surface area (Å²) in [5.74, 6) is -0.131. The Morgan fingerprint density at radius 3 is 3.00 bits per heavy atom. The van der Waals surface area contributed by atoms with Gasteiger partial charge >= 0.3 is 0 Å². The molecular weight excluding hydrogens is 184 g/mol. The second kappa shape index (κ2) is 5.95. The first kappa shape index (κ1) is 11.4. The Morgan fingerprint density at radius 1 is 1.64 bits per heavy atom. The number of hydrogen-bond donors (Lipinski definition) is 2. The fourth-order valence-electron chi connectivity index (χ4n) is 1.13. The van der Waals surface area contributed by atoms with Crippen LogP contribution in [0.3, 0.4) is 0 Å². The molecule has 2 unspecified atom stereocenters. The molecule has 0 saturated carbocycles. The maximum absolute atomic E-state index is 11.4. The van der Waals surface area contributed by atoms with Crippen molar-refractivity contribution in [3.8, 4) is 0 Å². The van der Waals surface area contributed by atoms with E-state index in [-0.39, 0.29) is 11.9 Å². The molecule has 1 rings (SSSR count). The predicted octanol–water partition coefficient (Wildman–Crippen LogP) is -0.745. The highest BCUT2D eigenvalue weighted by molar-refractivity contribution is 5.81. The van der Waals surface area contributed by atoms with Crippen LogP contribution in [0.25, 0.3) is 0 Å². The maximum Gasteiger partial charge on any atom is 0.251 e. The SMILES string of the molecule is CCC(N)CNC(=O)C1COCCO1. The molecule has 5 nitrogen and oxygen atoms in total. The summed E-state index contributed by atoms with van der Waals surface area (Å²) >= 11 is 0. The van der Waals surface area contributed by atoms with Gasteiger partial charge in [0.2, 0.25) is 0 Å². The van der Waals surface area contributed by atoms with Crippen LogP contribution in [0.1, 0.15) is 13.3 Å². The van der Waals surface area contributed by atoms with Crippen molar-refractivity contribution in [2.45, 2.75) is 25.5 Å². The van der Waals surface area contributed by atoms with Crippen molar-refractivity contribution in [1.29, 1.82) is 0 Å². The van der Waals surface area contributed by atoms with E-state index in [0.717, 1.165) is 6.42 Å². The highest BCUT2D eigenvalue weighted by Crippen LogP contribution is 2.00. The van der Waals surface area contributed by atoms with E-state index in [1.807, 2.05) is 6.92 Å². The summed E-state index contributed by atoms with van der Waals surface area (Å²) < 4.78 is 10.3. The molecule has 82 valence electrons. The molecule has 1 aliphatic rings. The van der Waals surface area contributed by atoms with Gasteiger partial charge in [-0.1, -0.05) is 6.92 Å². The van der Waals surface area contributed by atoms with Gasteiger partial charge in [-0.05, 0) is 6.42 Å². The monoisotopic (exact) mass is 202 g/mol. The number of carbonyl (C=O) groups excluding carboxylic acids is 1. The molecule has 1 heterocycles. The molecule has 5 heteroatoms. The fraction of sp³-hybridized carbons (Fsp3) is 0.889. The minimum Gasteiger partial charge on any atom is -0.376 e. The third-order valence-electron chi connectivity index (χ3n) is 2.17. The molecule has 1 fully saturated rings. The molecule has 1 saturated heterocycles. The van der Waals surface area contributed by atoms with Crippen LogP contribution in [0.15, 0.2) is 0 Å². The van der Waals surface area contributed by atoms with E-state index in [0.29, 0.717) is 26.4 Å². The zero-order chi connectivity index (χ0) is 10.4. The molecule has 0 spiro atoms. The lowest BCUT2D eigenvalue weighted by molar-refractivity contribution is -0.147. The van der Waals surface area contributed by atoms with Crippen molar-refractivity contribution in [2.75, 3.05) is 26.4 Å². The van der Waals surface area contributed by atoms with Gasteiger partial charge in [-0.2, -0.15) is 0 Å². The number of nitrogens with two attached hydrogens (primary N) is 1. The molecule has 0 aliphatic carbocycles. The summed E-state index contributed by atoms with van der Waals surface area (Å²) in [6.07, 6.45) is 0.385. The van der Waals surface area contributed by atoms with Crippen LogP contribution >= 0.6 is 0 Å². The molecule has 0 aromatic heterocycles. The molecule has 1 amide bonds. The average molecular weight is 202 g/mol. The number of rotatable bonds is 4. The first-order valence-electron chi connectivity index (χ1n) is 4.96. The lowest BCUT2D eigenvalue weighted by atomic mass is 10.2. The molecule has 3 N–H and O–H groups in total. The van der Waals surface area contributed by atoms with Crippen molar-refractivity contribution in [1.82, 2.24) is 5.32 Å². The van der Waals surface area contributed by atoms with Gasteiger partial charge in [-0.3, -0.25) is 4.79 Å². The molecule has 0 radical (unpaired) electrons. The van der Waals surface area contributed by atoms with Gasteiger partial charge in [0.25, 0.3) is 5.91 Å². The van der Waals surface area contributed by atoms with E-state index in [4.69, 9.17) is 15.2 Å². The standard InChI is InChI=1S/C9H18N2O3/c1-2-7(10)5-11-9(12)8-6-13-3-4-14-8/h7-8H,2-6,10H2,1H3,(H,11,12). The lowest BCUT2D eigenvalue weighted by Crippen LogP contribution is -2.46. The van der Waals surface area contributed by atoms with E-state index in [2.05, 4.69) is 5.32 Å². The number of amides is 1. The van der Waals surface area contributed by atoms with Gasteiger partial charge in [-0.25, -0.2) is 0 Å². The van der Waals surface area contributed by atoms with Crippen molar-refractivity contribution >= 4 is 5.91 Å². The third kappa shape index (κ3) is 3.61. The van der Waals surface area contributed by atoms with Gasteiger partial charge in [0.15, 0.2) is 6.10 Å². The van der Waals surface area contributed by atoms with E-state index in [1.54, 1.807) is 0 Å². The van der Waals surface area contributed by atoms with E-state index in [1.165, 1.54) is 0 Å². The number of carbonyl (C=O) groups is 1. The Labute approximate surface area is 83.9 Å². The van der Waals surface area contributed by atoms with Gasteiger partial charge in [0.1, 0.15) is 0 Å². The number of ether oxygens (including phenoxy) is 2. The van der Waals surface area contributed by atoms with E-state index >= 15 is 0 Å². The Bertz CT molecular complexity index is 181. The first-order chi connectivity index (χ1) is 6.74. The maximum atomic E-state index is 11.4. The molecular formula is C9H18N2O3. The zero-order valence-corrected chi connectivity index (χ0v) is 8.49. The molecule has 14 heavy (non-hydrogen) atoms. The summed E-state index contributed by atoms with van der Waals surface area (Å²) in [7, 11) is 0. The minimum absolute atomic E-state index is 0.0171. The molecule has 0 aromatic carbocycles. The highest BCUT2D eigenvalue weighted by atomic mass is 16.6. The fourth-order valence-corrected chi connectivity index (χ4v) is 1.13. The summed E-state index contributed by atoms with van der Waals surface area (Å²) in [5.41, 5.74) is 5.66. The van der Waals surface area contributed by atoms with Crippen LogP contribution in [0.2, 0.25) is 0 Å². The van der Waals surface area contributed by atoms with Crippen LogP contribution in [0, 0.1) is 0 Å². The summed E-state index contributed by atoms with van der Waals surface area (Å²) in [6.45, 7) is 3.87. The molecule has 1 aliphatic heterocycles. The quantitative estimate of drug-likeness (QED) is 0.629. The number of hydrogen-bond acceptors (Lipinski definition) is 4. The Balaban J connectivity index is 2.19. The smallest absolute Gasteiger partial charge is 0.251 e. The van der Waals surface area contributed by atoms with Crippen LogP contribution in [0.4, 0.5) is 0 Å². The number of nitrogens with one attached hydrogen (secondary N) is 1. The summed E-state index contributed by atoms with van der Waals surface area (Å²) in [4.78, 5) is 11.4. The third-order valence-corrected chi connectivity index (χ3v) is 2.17. The highest BCUT2D eigenvalue weighted by Gasteiger charge is 2.22. The van der Waals surface area contributed by atoms with Gasteiger partial charge < -0.3 is 20.5 Å². The average Bonchev–Trinajstić information content (AvgIpc) is 2.26. The van der Waals surface area contributed by atoms with Gasteiger partial charge in [0.05, 0.1) is 19.8 Å². The van der Waals surface area contributed by atoms with E-state index < -0.39 is 6.10 Å². The second-order valence-corrected chi connectivity index (χ2v) is 3.35. The van der Waals surface area contributed by atoms with Crippen LogP contribution in [-0.2, 0) is 14.3 Å². The molecule has 0 aromatic rings. The Morgan fingerprint density at radius 2 is 2.43 bits per heavy atom. The largest absolute Gasteiger partial charge is 0.376 e. The molecule has 0 bridgehead atoms. The van der Waals surface area contributed by atoms with E-state index in [9.17, 15) is 4.79 Å². The van der Waals surface area contributed by atoms with Gasteiger partial charge in [0, 0.05) is 12.6 Å². The Hall–Kier alpha value is -0.650. The minimum atomic E-state index is -0.465. The van der Waals surface area contributed by atoms with Crippen molar-refractivity contribution in [3.63, 3.8) is 0 Å². The predicted molar refractivity (Wildman–Crippen MR) is 51.8 cm³/mol. The summed E-state index contributed by atoms with van der Waals surface area (Å²) in [5, 5.41) is 2.73. The lowest BCUT2D eigenvalue weighted by Gasteiger charge is -2.22. The van der Waals surface area contributed by atoms with Gasteiger partial charge in [-0.15, -0.1) is 0 Å². The van der Waals surface area contributed by atoms with Crippen LogP contribution in [-0.4, -0.2) is 44.4 Å². The molecule has 2 atom stereocenters. The topological polar surface area (TPSA) is 73.6 Å². The normalized spacial score (nSPS) is 24.3. The van der Waals surface area contributed by atoms with Crippen molar-refractivity contribution in [2.24, 2.45) is 5.73 Å². The zero-order valence-electron chi connectivity index (χ0n) is 8.49. The summed E-state index contributed by atoms with van der Waals surface area (Å²) in [6, 6.07) is 0.0171. The van der Waals surface area contributed by atoms with Crippen LogP contribution < -0.4 is 11.1 Å². The van der Waals surface area contributed by atoms with Crippen LogP contribution in [0.5, 0.6) is 0 Å². The van der Waals surface area contributed by atoms with Crippen molar-refractivity contribution < 1.29 is 14.3 Å².